The van der Waals surface area contributed by atoms with E-state index in [2.05, 4.69) is 13.1 Å². The van der Waals surface area contributed by atoms with Crippen LogP contribution in [0.2, 0.25) is 13.1 Å². The third-order valence-electron chi connectivity index (χ3n) is 2.07. The number of rotatable bonds is 4. The van der Waals surface area contributed by atoms with Crippen LogP contribution < -0.4 is 0 Å². The Morgan fingerprint density at radius 3 is 0.947 bits per heavy atom. The molecule has 116 valence electrons. The van der Waals surface area contributed by atoms with Crippen molar-refractivity contribution in [1.29, 1.82) is 0 Å². The van der Waals surface area contributed by atoms with Crippen LogP contribution in [0, 0.1) is 0 Å². The van der Waals surface area contributed by atoms with Crippen LogP contribution in [0.4, 0.5) is 9.59 Å². The Bertz CT molecular complexity index is 198. The van der Waals surface area contributed by atoms with E-state index >= 15 is 0 Å². The van der Waals surface area contributed by atoms with Crippen LogP contribution in [0.5, 0.6) is 0 Å². The van der Waals surface area contributed by atoms with Crippen molar-refractivity contribution in [1.82, 2.24) is 9.80 Å². The van der Waals surface area contributed by atoms with Crippen molar-refractivity contribution < 1.29 is 19.8 Å². The van der Waals surface area contributed by atoms with E-state index < -0.39 is 12.2 Å². The van der Waals surface area contributed by atoms with Crippen molar-refractivity contribution >= 4 is 21.7 Å². The zero-order valence-electron chi connectivity index (χ0n) is 13.1. The Morgan fingerprint density at radius 1 is 0.789 bits per heavy atom. The monoisotopic (exact) mass is 294 g/mol. The van der Waals surface area contributed by atoms with Crippen molar-refractivity contribution in [3.05, 3.63) is 0 Å². The Labute approximate surface area is 119 Å². The first-order valence-corrected chi connectivity index (χ1v) is 9.64. The van der Waals surface area contributed by atoms with Gasteiger partial charge in [-0.25, -0.2) is 9.59 Å². The smallest absolute Gasteiger partial charge is 0.407 e. The standard InChI is InChI=1S/2C5H11NO2.C2H8Si/c2*1-3-6(4-2)5(7)8;1-3-2/h2*3-4H2,1-2H3,(H,7,8);3H2,1-2H3. The van der Waals surface area contributed by atoms with Gasteiger partial charge in [0.2, 0.25) is 0 Å². The Hall–Kier alpha value is -1.24. The zero-order chi connectivity index (χ0) is 15.8. The van der Waals surface area contributed by atoms with Crippen molar-refractivity contribution in [2.45, 2.75) is 40.8 Å². The van der Waals surface area contributed by atoms with Crippen LogP contribution in [0.25, 0.3) is 0 Å². The molecule has 0 heterocycles. The summed E-state index contributed by atoms with van der Waals surface area (Å²) in [5.74, 6) is 0. The molecule has 19 heavy (non-hydrogen) atoms. The van der Waals surface area contributed by atoms with Crippen molar-refractivity contribution in [3.63, 3.8) is 0 Å². The van der Waals surface area contributed by atoms with E-state index in [1.165, 1.54) is 9.80 Å². The van der Waals surface area contributed by atoms with Gasteiger partial charge in [0, 0.05) is 35.7 Å². The Kier molecular flexibility index (Phi) is 20.2. The molecule has 0 saturated heterocycles. The number of nitrogens with zero attached hydrogens (tertiary/aromatic N) is 2. The normalized spacial score (nSPS) is 8.32. The molecule has 2 N–H and O–H groups in total. The van der Waals surface area contributed by atoms with Crippen LogP contribution in [0.1, 0.15) is 27.7 Å². The highest BCUT2D eigenvalue weighted by molar-refractivity contribution is 6.31. The van der Waals surface area contributed by atoms with Gasteiger partial charge in [0.1, 0.15) is 0 Å². The lowest BCUT2D eigenvalue weighted by Crippen LogP contribution is -2.28. The maximum atomic E-state index is 10.1. The molecule has 0 rings (SSSR count). The highest BCUT2D eigenvalue weighted by Crippen LogP contribution is 1.85. The van der Waals surface area contributed by atoms with Crippen LogP contribution in [0.3, 0.4) is 0 Å². The van der Waals surface area contributed by atoms with E-state index in [0.717, 1.165) is 0 Å². The highest BCUT2D eigenvalue weighted by Gasteiger charge is 2.03. The lowest BCUT2D eigenvalue weighted by atomic mass is 10.6. The number of carboxylic acid groups (broad SMARTS) is 2. The van der Waals surface area contributed by atoms with Gasteiger partial charge < -0.3 is 20.0 Å². The minimum absolute atomic E-state index is 0.417. The predicted octanol–water partition coefficient (Wildman–Crippen LogP) is 2.26. The van der Waals surface area contributed by atoms with Gasteiger partial charge in [-0.1, -0.05) is 13.1 Å². The maximum absolute atomic E-state index is 10.1. The first-order chi connectivity index (χ1) is 8.85. The fourth-order valence-corrected chi connectivity index (χ4v) is 0.988. The minimum Gasteiger partial charge on any atom is -0.465 e. The molecule has 0 aliphatic carbocycles. The molecular weight excluding hydrogens is 264 g/mol. The fraction of sp³-hybridized carbons (Fsp3) is 0.833. The number of carbonyl (C=O) groups is 2. The number of hydrogen-bond acceptors (Lipinski definition) is 2. The predicted molar refractivity (Wildman–Crippen MR) is 82.2 cm³/mol. The van der Waals surface area contributed by atoms with Crippen molar-refractivity contribution in [2.75, 3.05) is 26.2 Å². The SMILES string of the molecule is CCN(CC)C(=O)O.CCN(CC)C(=O)O.C[SiH2]C. The van der Waals surface area contributed by atoms with Crippen LogP contribution in [-0.2, 0) is 0 Å². The molecule has 0 radical (unpaired) electrons. The summed E-state index contributed by atoms with van der Waals surface area (Å²) >= 11 is 0. The highest BCUT2D eigenvalue weighted by atomic mass is 28.2. The largest absolute Gasteiger partial charge is 0.465 e. The molecule has 0 aromatic carbocycles. The van der Waals surface area contributed by atoms with E-state index in [1.54, 1.807) is 0 Å². The van der Waals surface area contributed by atoms with Gasteiger partial charge in [-0.2, -0.15) is 0 Å². The summed E-state index contributed by atoms with van der Waals surface area (Å²) in [6, 6.07) is 0. The minimum atomic E-state index is -0.838. The van der Waals surface area contributed by atoms with E-state index in [0.29, 0.717) is 35.7 Å². The molecule has 6 nitrogen and oxygen atoms in total. The second kappa shape index (κ2) is 16.8. The molecule has 7 heteroatoms. The van der Waals surface area contributed by atoms with Gasteiger partial charge >= 0.3 is 12.2 Å². The van der Waals surface area contributed by atoms with E-state index in [-0.39, 0.29) is 0 Å². The molecule has 0 fully saturated rings. The van der Waals surface area contributed by atoms with Gasteiger partial charge in [-0.05, 0) is 27.7 Å². The second-order valence-electron chi connectivity index (χ2n) is 3.62. The van der Waals surface area contributed by atoms with Crippen LogP contribution in [-0.4, -0.2) is 67.9 Å². The molecule has 0 aromatic heterocycles. The molecule has 0 aromatic rings. The molecule has 0 aliphatic heterocycles. The third kappa shape index (κ3) is 16.8. The second-order valence-corrected chi connectivity index (χ2v) is 5.03. The fourth-order valence-electron chi connectivity index (χ4n) is 0.988. The summed E-state index contributed by atoms with van der Waals surface area (Å²) in [6.07, 6.45) is -1.68. The zero-order valence-corrected chi connectivity index (χ0v) is 14.6. The Morgan fingerprint density at radius 2 is 0.947 bits per heavy atom. The van der Waals surface area contributed by atoms with E-state index in [4.69, 9.17) is 10.2 Å². The molecule has 2 amide bonds. The van der Waals surface area contributed by atoms with Crippen LogP contribution in [0.15, 0.2) is 0 Å². The lowest BCUT2D eigenvalue weighted by Gasteiger charge is -2.12. The first-order valence-electron chi connectivity index (χ1n) is 6.81. The summed E-state index contributed by atoms with van der Waals surface area (Å²) in [5, 5.41) is 16.6. The topological polar surface area (TPSA) is 81.1 Å². The third-order valence-corrected chi connectivity index (χ3v) is 2.07. The van der Waals surface area contributed by atoms with Gasteiger partial charge in [-0.15, -0.1) is 0 Å². The summed E-state index contributed by atoms with van der Waals surface area (Å²) in [4.78, 5) is 22.8. The Balaban J connectivity index is -0.000000224. The van der Waals surface area contributed by atoms with Crippen molar-refractivity contribution in [2.24, 2.45) is 0 Å². The van der Waals surface area contributed by atoms with Gasteiger partial charge in [-0.3, -0.25) is 0 Å². The molecule has 0 unspecified atom stereocenters. The average molecular weight is 294 g/mol. The van der Waals surface area contributed by atoms with Gasteiger partial charge in [0.05, 0.1) is 0 Å². The van der Waals surface area contributed by atoms with Crippen molar-refractivity contribution in [3.8, 4) is 0 Å². The molecule has 0 aliphatic rings. The molecule has 0 spiro atoms. The molecule has 0 atom stereocenters. The van der Waals surface area contributed by atoms with Gasteiger partial charge in [0.25, 0.3) is 0 Å². The van der Waals surface area contributed by atoms with Crippen LogP contribution >= 0.6 is 0 Å². The summed E-state index contributed by atoms with van der Waals surface area (Å²) in [6.45, 7) is 14.1. The number of amides is 2. The molecule has 0 saturated carbocycles. The maximum Gasteiger partial charge on any atom is 0.407 e. The quantitative estimate of drug-likeness (QED) is 0.779. The van der Waals surface area contributed by atoms with Gasteiger partial charge in [0.15, 0.2) is 0 Å². The average Bonchev–Trinajstić information content (AvgIpc) is 2.33. The first kappa shape index (κ1) is 22.9. The summed E-state index contributed by atoms with van der Waals surface area (Å²) in [5.41, 5.74) is 0. The molecule has 0 bridgehead atoms. The number of hydrogen-bond donors (Lipinski definition) is 2. The summed E-state index contributed by atoms with van der Waals surface area (Å²) in [7, 11) is 0.417. The summed E-state index contributed by atoms with van der Waals surface area (Å²) < 4.78 is 0. The van der Waals surface area contributed by atoms with E-state index in [1.807, 2.05) is 27.7 Å². The van der Waals surface area contributed by atoms with E-state index in [9.17, 15) is 9.59 Å². The lowest BCUT2D eigenvalue weighted by molar-refractivity contribution is 0.149. The molecular formula is C12H30N2O4Si.